The molecule has 0 unspecified atom stereocenters. The molecule has 6 nitrogen and oxygen atoms in total. The Morgan fingerprint density at radius 1 is 1.26 bits per heavy atom. The number of amides is 1. The number of carbonyl (C=O) groups excluding carboxylic acids is 1. The van der Waals surface area contributed by atoms with E-state index in [1.807, 2.05) is 26.0 Å². The van der Waals surface area contributed by atoms with Crippen molar-refractivity contribution < 1.29 is 14.1 Å². The summed E-state index contributed by atoms with van der Waals surface area (Å²) in [6.07, 6.45) is 0.249. The van der Waals surface area contributed by atoms with Crippen LogP contribution in [0.1, 0.15) is 16.8 Å². The first-order valence-electron chi connectivity index (χ1n) is 8.06. The topological polar surface area (TPSA) is 67.6 Å². The Bertz CT molecular complexity index is 690. The van der Waals surface area contributed by atoms with Gasteiger partial charge in [-0.05, 0) is 37.1 Å². The molecule has 124 valence electrons. The van der Waals surface area contributed by atoms with Crippen LogP contribution in [-0.2, 0) is 16.0 Å². The van der Waals surface area contributed by atoms with E-state index in [0.29, 0.717) is 12.2 Å². The standard InChI is InChI=1S/C17H23N3O3/c1-12-9-14-15(19-23-16(14)10-13(12)2)11-17(21)18-3-4-20-5-7-22-8-6-20/h9-10H,3-8,11H2,1-2H3,(H,18,21). The molecule has 6 heteroatoms. The zero-order valence-corrected chi connectivity index (χ0v) is 13.7. The van der Waals surface area contributed by atoms with Gasteiger partial charge in [0.2, 0.25) is 5.91 Å². The smallest absolute Gasteiger partial charge is 0.226 e. The van der Waals surface area contributed by atoms with Crippen LogP contribution in [-0.4, -0.2) is 55.4 Å². The zero-order chi connectivity index (χ0) is 16.2. The van der Waals surface area contributed by atoms with Crippen molar-refractivity contribution in [3.63, 3.8) is 0 Å². The van der Waals surface area contributed by atoms with Gasteiger partial charge in [-0.3, -0.25) is 9.69 Å². The number of rotatable bonds is 5. The lowest BCUT2D eigenvalue weighted by atomic mass is 10.1. The number of benzene rings is 1. The van der Waals surface area contributed by atoms with Crippen molar-refractivity contribution in [2.75, 3.05) is 39.4 Å². The highest BCUT2D eigenvalue weighted by Gasteiger charge is 2.14. The Labute approximate surface area is 135 Å². The summed E-state index contributed by atoms with van der Waals surface area (Å²) in [7, 11) is 0. The second kappa shape index (κ2) is 7.10. The van der Waals surface area contributed by atoms with Crippen molar-refractivity contribution in [1.82, 2.24) is 15.4 Å². The first-order chi connectivity index (χ1) is 11.1. The molecule has 0 saturated carbocycles. The average molecular weight is 317 g/mol. The molecule has 0 spiro atoms. The van der Waals surface area contributed by atoms with E-state index in [0.717, 1.165) is 49.4 Å². The van der Waals surface area contributed by atoms with E-state index in [4.69, 9.17) is 9.26 Å². The van der Waals surface area contributed by atoms with Crippen LogP contribution in [0.2, 0.25) is 0 Å². The quantitative estimate of drug-likeness (QED) is 0.904. The second-order valence-corrected chi connectivity index (χ2v) is 6.04. The number of hydrogen-bond donors (Lipinski definition) is 1. The summed E-state index contributed by atoms with van der Waals surface area (Å²) in [4.78, 5) is 14.4. The van der Waals surface area contributed by atoms with Crippen LogP contribution < -0.4 is 5.32 Å². The summed E-state index contributed by atoms with van der Waals surface area (Å²) in [6.45, 7) is 9.00. The van der Waals surface area contributed by atoms with Crippen LogP contribution >= 0.6 is 0 Å². The summed E-state index contributed by atoms with van der Waals surface area (Å²) < 4.78 is 10.6. The molecule has 3 rings (SSSR count). The molecular weight excluding hydrogens is 294 g/mol. The number of fused-ring (bicyclic) bond motifs is 1. The molecule has 2 heterocycles. The monoisotopic (exact) mass is 317 g/mol. The van der Waals surface area contributed by atoms with E-state index in [9.17, 15) is 4.79 Å². The lowest BCUT2D eigenvalue weighted by Crippen LogP contribution is -2.41. The molecular formula is C17H23N3O3. The van der Waals surface area contributed by atoms with Gasteiger partial charge in [-0.2, -0.15) is 0 Å². The molecule has 0 atom stereocenters. The maximum Gasteiger partial charge on any atom is 0.226 e. The van der Waals surface area contributed by atoms with Crippen LogP contribution in [0.3, 0.4) is 0 Å². The number of aryl methyl sites for hydroxylation is 2. The third-order valence-corrected chi connectivity index (χ3v) is 4.34. The molecule has 2 aromatic rings. The van der Waals surface area contributed by atoms with Gasteiger partial charge < -0.3 is 14.6 Å². The van der Waals surface area contributed by atoms with Crippen LogP contribution in [0.4, 0.5) is 0 Å². The minimum absolute atomic E-state index is 0.0216. The summed E-state index contributed by atoms with van der Waals surface area (Å²) >= 11 is 0. The van der Waals surface area contributed by atoms with Crippen molar-refractivity contribution in [3.05, 3.63) is 29.0 Å². The van der Waals surface area contributed by atoms with Gasteiger partial charge in [-0.15, -0.1) is 0 Å². The minimum Gasteiger partial charge on any atom is -0.379 e. The van der Waals surface area contributed by atoms with Gasteiger partial charge in [0.25, 0.3) is 0 Å². The van der Waals surface area contributed by atoms with Gasteiger partial charge in [0, 0.05) is 31.6 Å². The van der Waals surface area contributed by atoms with Gasteiger partial charge >= 0.3 is 0 Å². The first-order valence-corrected chi connectivity index (χ1v) is 8.06. The molecule has 0 bridgehead atoms. The Morgan fingerprint density at radius 3 is 2.78 bits per heavy atom. The number of carbonyl (C=O) groups is 1. The largest absolute Gasteiger partial charge is 0.379 e. The number of hydrogen-bond acceptors (Lipinski definition) is 5. The number of ether oxygens (including phenoxy) is 1. The highest BCUT2D eigenvalue weighted by Crippen LogP contribution is 2.22. The maximum atomic E-state index is 12.1. The van der Waals surface area contributed by atoms with E-state index in [2.05, 4.69) is 15.4 Å². The Balaban J connectivity index is 1.54. The molecule has 1 N–H and O–H groups in total. The van der Waals surface area contributed by atoms with Crippen LogP contribution in [0.25, 0.3) is 11.0 Å². The lowest BCUT2D eigenvalue weighted by molar-refractivity contribution is -0.120. The fourth-order valence-electron chi connectivity index (χ4n) is 2.76. The molecule has 0 radical (unpaired) electrons. The van der Waals surface area contributed by atoms with Gasteiger partial charge in [0.15, 0.2) is 5.58 Å². The maximum absolute atomic E-state index is 12.1. The molecule has 1 saturated heterocycles. The molecule has 1 amide bonds. The normalized spacial score (nSPS) is 15.9. The Hall–Kier alpha value is -1.92. The minimum atomic E-state index is -0.0216. The number of morpholine rings is 1. The van der Waals surface area contributed by atoms with Crippen LogP contribution in [0, 0.1) is 13.8 Å². The summed E-state index contributed by atoms with van der Waals surface area (Å²) in [6, 6.07) is 4.01. The van der Waals surface area contributed by atoms with E-state index in [1.165, 1.54) is 5.56 Å². The highest BCUT2D eigenvalue weighted by atomic mass is 16.5. The van der Waals surface area contributed by atoms with Gasteiger partial charge in [0.05, 0.1) is 19.6 Å². The van der Waals surface area contributed by atoms with Crippen molar-refractivity contribution in [3.8, 4) is 0 Å². The van der Waals surface area contributed by atoms with Gasteiger partial charge in [-0.1, -0.05) is 5.16 Å². The van der Waals surface area contributed by atoms with E-state index < -0.39 is 0 Å². The Morgan fingerprint density at radius 2 is 2.00 bits per heavy atom. The highest BCUT2D eigenvalue weighted by molar-refractivity contribution is 5.87. The fourth-order valence-corrected chi connectivity index (χ4v) is 2.76. The molecule has 0 aliphatic carbocycles. The predicted octanol–water partition coefficient (Wildman–Crippen LogP) is 1.44. The molecule has 1 aromatic carbocycles. The van der Waals surface area contributed by atoms with Crippen molar-refractivity contribution in [1.29, 1.82) is 0 Å². The third-order valence-electron chi connectivity index (χ3n) is 4.34. The first kappa shape index (κ1) is 16.0. The van der Waals surface area contributed by atoms with E-state index >= 15 is 0 Å². The number of nitrogens with zero attached hydrogens (tertiary/aromatic N) is 2. The lowest BCUT2D eigenvalue weighted by Gasteiger charge is -2.26. The molecule has 1 aliphatic rings. The summed E-state index contributed by atoms with van der Waals surface area (Å²) in [5, 5.41) is 7.94. The predicted molar refractivity (Wildman–Crippen MR) is 87.5 cm³/mol. The molecule has 1 aromatic heterocycles. The second-order valence-electron chi connectivity index (χ2n) is 6.04. The summed E-state index contributed by atoms with van der Waals surface area (Å²) in [5.74, 6) is -0.0216. The van der Waals surface area contributed by atoms with Gasteiger partial charge in [0.1, 0.15) is 5.69 Å². The molecule has 1 aliphatic heterocycles. The Kier molecular flexibility index (Phi) is 4.93. The molecule has 1 fully saturated rings. The van der Waals surface area contributed by atoms with Crippen molar-refractivity contribution >= 4 is 16.9 Å². The SMILES string of the molecule is Cc1cc2onc(CC(=O)NCCN3CCOCC3)c2cc1C. The third kappa shape index (κ3) is 3.89. The van der Waals surface area contributed by atoms with Crippen molar-refractivity contribution in [2.24, 2.45) is 0 Å². The van der Waals surface area contributed by atoms with Gasteiger partial charge in [-0.25, -0.2) is 0 Å². The average Bonchev–Trinajstić information content (AvgIpc) is 2.91. The zero-order valence-electron chi connectivity index (χ0n) is 13.7. The number of nitrogens with one attached hydrogen (secondary N) is 1. The fraction of sp³-hybridized carbons (Fsp3) is 0.529. The van der Waals surface area contributed by atoms with E-state index in [-0.39, 0.29) is 12.3 Å². The number of aromatic nitrogens is 1. The van der Waals surface area contributed by atoms with Crippen molar-refractivity contribution in [2.45, 2.75) is 20.3 Å². The van der Waals surface area contributed by atoms with Crippen LogP contribution in [0.15, 0.2) is 16.7 Å². The van der Waals surface area contributed by atoms with Crippen LogP contribution in [0.5, 0.6) is 0 Å². The molecule has 23 heavy (non-hydrogen) atoms. The summed E-state index contributed by atoms with van der Waals surface area (Å²) in [5.41, 5.74) is 3.78. The van der Waals surface area contributed by atoms with E-state index in [1.54, 1.807) is 0 Å².